The minimum Gasteiger partial charge on any atom is -0.507 e. The van der Waals surface area contributed by atoms with E-state index in [0.29, 0.717) is 43.0 Å². The molecule has 36 heavy (non-hydrogen) atoms. The smallest absolute Gasteiger partial charge is 0.354 e. The zero-order valence-electron chi connectivity index (χ0n) is 20.6. The molecule has 2 saturated heterocycles. The molecule has 192 valence electrons. The molecule has 2 N–H and O–H groups in total. The van der Waals surface area contributed by atoms with E-state index in [4.69, 9.17) is 9.47 Å². The number of Topliss-reactive ketones (excluding diaryl/α,β-unsaturated/α-hetero) is 1. The number of hydrogen-bond donors (Lipinski definition) is 2. The van der Waals surface area contributed by atoms with Gasteiger partial charge in [-0.15, -0.1) is 0 Å². The number of rotatable bonds is 7. The third kappa shape index (κ3) is 4.78. The maximum Gasteiger partial charge on any atom is 0.354 e. The van der Waals surface area contributed by atoms with E-state index in [1.54, 1.807) is 19.9 Å². The Kier molecular flexibility index (Phi) is 7.56. The Balaban J connectivity index is 1.75. The zero-order valence-corrected chi connectivity index (χ0v) is 20.6. The Bertz CT molecular complexity index is 1210. The van der Waals surface area contributed by atoms with E-state index in [1.807, 2.05) is 0 Å². The highest BCUT2D eigenvalue weighted by Crippen LogP contribution is 2.41. The van der Waals surface area contributed by atoms with Gasteiger partial charge >= 0.3 is 5.97 Å². The lowest BCUT2D eigenvalue weighted by molar-refractivity contribution is -0.140. The number of ether oxygens (including phenoxy) is 2. The van der Waals surface area contributed by atoms with Gasteiger partial charge in [0.05, 0.1) is 31.9 Å². The number of methoxy groups -OCH3 is 1. The minimum absolute atomic E-state index is 0.138. The number of ketones is 1. The number of carbonyl (C=O) groups excluding carboxylic acids is 3. The topological polar surface area (TPSA) is 112 Å². The number of aliphatic hydroxyl groups excluding tert-OH is 1. The first-order chi connectivity index (χ1) is 17.2. The van der Waals surface area contributed by atoms with E-state index in [-0.39, 0.29) is 23.4 Å². The molecule has 1 amide bonds. The van der Waals surface area contributed by atoms with Crippen LogP contribution < -0.4 is 0 Å². The van der Waals surface area contributed by atoms with Gasteiger partial charge in [-0.05, 0) is 43.5 Å². The second-order valence-electron chi connectivity index (χ2n) is 8.97. The highest BCUT2D eigenvalue weighted by Gasteiger charge is 2.46. The van der Waals surface area contributed by atoms with Crippen LogP contribution in [0.15, 0.2) is 29.8 Å². The molecule has 0 spiro atoms. The van der Waals surface area contributed by atoms with Gasteiger partial charge in [-0.1, -0.05) is 12.1 Å². The zero-order chi connectivity index (χ0) is 26.0. The van der Waals surface area contributed by atoms with E-state index >= 15 is 0 Å². The quantitative estimate of drug-likeness (QED) is 0.261. The summed E-state index contributed by atoms with van der Waals surface area (Å²) in [6, 6.07) is 4.69. The molecule has 2 aliphatic heterocycles. The maximum atomic E-state index is 14.2. The van der Waals surface area contributed by atoms with Crippen molar-refractivity contribution in [3.8, 4) is 0 Å². The Hall–Kier alpha value is -3.50. The van der Waals surface area contributed by atoms with Gasteiger partial charge in [-0.2, -0.15) is 0 Å². The summed E-state index contributed by atoms with van der Waals surface area (Å²) in [4.78, 5) is 45.1. The van der Waals surface area contributed by atoms with Crippen molar-refractivity contribution in [1.29, 1.82) is 0 Å². The fourth-order valence-electron chi connectivity index (χ4n) is 4.97. The number of carbonyl (C=O) groups is 3. The van der Waals surface area contributed by atoms with Gasteiger partial charge in [0, 0.05) is 37.4 Å². The molecule has 0 bridgehead atoms. The van der Waals surface area contributed by atoms with Crippen LogP contribution in [0.5, 0.6) is 0 Å². The second-order valence-corrected chi connectivity index (χ2v) is 8.97. The number of nitrogens with zero attached hydrogens (tertiary/aromatic N) is 2. The van der Waals surface area contributed by atoms with Crippen LogP contribution in [0.25, 0.3) is 5.76 Å². The number of aromatic amines is 1. The third-order valence-electron chi connectivity index (χ3n) is 6.75. The lowest BCUT2D eigenvalue weighted by Crippen LogP contribution is -2.39. The number of amides is 1. The standard InChI is InChI=1S/C26H30FN3O6/c1-15-19(16(2)28-21(15)26(34)35-3)23(31)20-22(17-6-4-7-18(27)14-17)30(25(33)24(20)32)9-5-8-29-10-12-36-13-11-29/h4,6-7,14,22,28,31H,5,8-13H2,1-3H3/b23-20+/t22-/m1/s1. The van der Waals surface area contributed by atoms with E-state index in [9.17, 15) is 23.9 Å². The first-order valence-corrected chi connectivity index (χ1v) is 11.9. The van der Waals surface area contributed by atoms with Crippen molar-refractivity contribution in [2.24, 2.45) is 0 Å². The highest BCUT2D eigenvalue weighted by molar-refractivity contribution is 6.46. The van der Waals surface area contributed by atoms with Gasteiger partial charge in [0.2, 0.25) is 0 Å². The maximum absolute atomic E-state index is 14.2. The number of nitrogens with one attached hydrogen (secondary N) is 1. The van der Waals surface area contributed by atoms with Crippen LogP contribution in [-0.2, 0) is 19.1 Å². The van der Waals surface area contributed by atoms with Crippen molar-refractivity contribution in [2.75, 3.05) is 46.5 Å². The Morgan fingerprint density at radius 3 is 2.61 bits per heavy atom. The van der Waals surface area contributed by atoms with Crippen LogP contribution in [0.4, 0.5) is 4.39 Å². The normalized spacial score (nSPS) is 20.2. The van der Waals surface area contributed by atoms with Crippen LogP contribution in [-0.4, -0.2) is 84.1 Å². The van der Waals surface area contributed by atoms with Gasteiger partial charge in [-0.3, -0.25) is 14.5 Å². The second kappa shape index (κ2) is 10.6. The van der Waals surface area contributed by atoms with E-state index in [2.05, 4.69) is 9.88 Å². The fourth-order valence-corrected chi connectivity index (χ4v) is 4.97. The number of esters is 1. The summed E-state index contributed by atoms with van der Waals surface area (Å²) in [5.74, 6) is -3.17. The number of halogens is 1. The first-order valence-electron chi connectivity index (χ1n) is 11.9. The Labute approximate surface area is 208 Å². The summed E-state index contributed by atoms with van der Waals surface area (Å²) in [6.45, 7) is 7.10. The van der Waals surface area contributed by atoms with Crippen molar-refractivity contribution < 1.29 is 33.4 Å². The predicted octanol–water partition coefficient (Wildman–Crippen LogP) is 2.70. The monoisotopic (exact) mass is 499 g/mol. The molecule has 1 aromatic carbocycles. The van der Waals surface area contributed by atoms with Crippen LogP contribution in [0, 0.1) is 19.7 Å². The van der Waals surface area contributed by atoms with Crippen LogP contribution in [0.3, 0.4) is 0 Å². The van der Waals surface area contributed by atoms with Crippen LogP contribution >= 0.6 is 0 Å². The molecule has 2 aromatic rings. The van der Waals surface area contributed by atoms with Crippen molar-refractivity contribution >= 4 is 23.4 Å². The molecule has 1 aromatic heterocycles. The van der Waals surface area contributed by atoms with Crippen molar-refractivity contribution in [1.82, 2.24) is 14.8 Å². The molecule has 0 aliphatic carbocycles. The largest absolute Gasteiger partial charge is 0.507 e. The molecule has 1 atom stereocenters. The third-order valence-corrected chi connectivity index (χ3v) is 6.75. The van der Waals surface area contributed by atoms with Crippen molar-refractivity contribution in [2.45, 2.75) is 26.3 Å². The van der Waals surface area contributed by atoms with Gasteiger partial charge in [0.1, 0.15) is 17.3 Å². The number of aryl methyl sites for hydroxylation is 1. The van der Waals surface area contributed by atoms with E-state index in [0.717, 1.165) is 13.1 Å². The van der Waals surface area contributed by atoms with Gasteiger partial charge in [0.15, 0.2) is 0 Å². The molecule has 10 heteroatoms. The summed E-state index contributed by atoms with van der Waals surface area (Å²) >= 11 is 0. The SMILES string of the molecule is COC(=O)c1[nH]c(C)c(/C(O)=C2\C(=O)C(=O)N(CCCN3CCOCC3)[C@@H]2c2cccc(F)c2)c1C. The van der Waals surface area contributed by atoms with E-state index in [1.165, 1.54) is 30.2 Å². The molecule has 9 nitrogen and oxygen atoms in total. The number of hydrogen-bond acceptors (Lipinski definition) is 7. The average molecular weight is 500 g/mol. The molecule has 2 aliphatic rings. The summed E-state index contributed by atoms with van der Waals surface area (Å²) in [6.07, 6.45) is 0.591. The van der Waals surface area contributed by atoms with E-state index < -0.39 is 35.3 Å². The number of morpholine rings is 1. The van der Waals surface area contributed by atoms with Gasteiger partial charge in [-0.25, -0.2) is 9.18 Å². The summed E-state index contributed by atoms with van der Waals surface area (Å²) in [7, 11) is 1.24. The number of benzene rings is 1. The average Bonchev–Trinajstić information content (AvgIpc) is 3.31. The molecule has 0 radical (unpaired) electrons. The molecular weight excluding hydrogens is 469 g/mol. The summed E-state index contributed by atoms with van der Waals surface area (Å²) in [5, 5.41) is 11.4. The highest BCUT2D eigenvalue weighted by atomic mass is 19.1. The molecular formula is C26H30FN3O6. The number of likely N-dealkylation sites (tertiary alicyclic amines) is 1. The molecule has 3 heterocycles. The number of aliphatic hydroxyl groups is 1. The Morgan fingerprint density at radius 1 is 1.22 bits per heavy atom. The predicted molar refractivity (Wildman–Crippen MR) is 129 cm³/mol. The summed E-state index contributed by atoms with van der Waals surface area (Å²) in [5.41, 5.74) is 1.43. The summed E-state index contributed by atoms with van der Waals surface area (Å²) < 4.78 is 24.4. The van der Waals surface area contributed by atoms with Gasteiger partial charge in [0.25, 0.3) is 11.7 Å². The fraction of sp³-hybridized carbons (Fsp3) is 0.423. The number of aromatic nitrogens is 1. The molecule has 2 fully saturated rings. The first kappa shape index (κ1) is 25.6. The van der Waals surface area contributed by atoms with Crippen LogP contribution in [0.2, 0.25) is 0 Å². The van der Waals surface area contributed by atoms with Crippen LogP contribution in [0.1, 0.15) is 45.3 Å². The van der Waals surface area contributed by atoms with Crippen molar-refractivity contribution in [3.63, 3.8) is 0 Å². The number of H-pyrrole nitrogens is 1. The van der Waals surface area contributed by atoms with Crippen molar-refractivity contribution in [3.05, 3.63) is 63.7 Å². The molecule has 0 saturated carbocycles. The minimum atomic E-state index is -0.972. The van der Waals surface area contributed by atoms with Gasteiger partial charge < -0.3 is 24.5 Å². The lowest BCUT2D eigenvalue weighted by atomic mass is 9.94. The molecule has 4 rings (SSSR count). The lowest BCUT2D eigenvalue weighted by Gasteiger charge is -2.29. The molecule has 0 unspecified atom stereocenters. The Morgan fingerprint density at radius 2 is 1.94 bits per heavy atom.